The number of morpholine rings is 1. The first-order chi connectivity index (χ1) is 11.8. The zero-order valence-corrected chi connectivity index (χ0v) is 14.4. The second kappa shape index (κ2) is 8.67. The summed E-state index contributed by atoms with van der Waals surface area (Å²) in [6.07, 6.45) is 0.739. The number of β-amino-alcohol motifs (C(OH)–C–C–N with tert-alkyl or cyclic N) is 1. The molecule has 0 spiro atoms. The first kappa shape index (κ1) is 17.5. The summed E-state index contributed by atoms with van der Waals surface area (Å²) in [5, 5.41) is 10.3. The molecule has 3 rings (SSSR count). The van der Waals surface area contributed by atoms with E-state index in [9.17, 15) is 5.11 Å². The highest BCUT2D eigenvalue weighted by molar-refractivity contribution is 5.46. The summed E-state index contributed by atoms with van der Waals surface area (Å²) < 4.78 is 16.8. The van der Waals surface area contributed by atoms with Crippen LogP contribution in [0.3, 0.4) is 0 Å². The average molecular weight is 336 g/mol. The van der Waals surface area contributed by atoms with Crippen LogP contribution in [0, 0.1) is 0 Å². The first-order valence-corrected chi connectivity index (χ1v) is 8.75. The Hall–Kier alpha value is -1.34. The standard InChI is InChI=1S/C18H28N2O4/c1-22-17-5-2-4-15(12-19-6-3-7-19)18(17)24-14-16(21)13-20-8-10-23-11-9-20/h2,4-5,16,21H,3,6-14H2,1H3/t16-/m0/s1. The van der Waals surface area contributed by atoms with Crippen LogP contribution >= 0.6 is 0 Å². The highest BCUT2D eigenvalue weighted by atomic mass is 16.5. The van der Waals surface area contributed by atoms with Gasteiger partial charge >= 0.3 is 0 Å². The van der Waals surface area contributed by atoms with Crippen LogP contribution in [0.4, 0.5) is 0 Å². The Morgan fingerprint density at radius 1 is 1.17 bits per heavy atom. The minimum absolute atomic E-state index is 0.269. The summed E-state index contributed by atoms with van der Waals surface area (Å²) in [7, 11) is 1.65. The minimum Gasteiger partial charge on any atom is -0.493 e. The molecule has 1 aromatic carbocycles. The molecule has 0 unspecified atom stereocenters. The third-order valence-corrected chi connectivity index (χ3v) is 4.62. The molecule has 1 N–H and O–H groups in total. The van der Waals surface area contributed by atoms with Crippen molar-refractivity contribution in [1.82, 2.24) is 9.80 Å². The number of ether oxygens (including phenoxy) is 3. The van der Waals surface area contributed by atoms with Crippen LogP contribution in [0.1, 0.15) is 12.0 Å². The molecule has 0 bridgehead atoms. The molecule has 0 amide bonds. The van der Waals surface area contributed by atoms with E-state index in [-0.39, 0.29) is 6.61 Å². The molecule has 1 atom stereocenters. The third kappa shape index (κ3) is 4.60. The zero-order chi connectivity index (χ0) is 16.8. The fourth-order valence-corrected chi connectivity index (χ4v) is 3.11. The van der Waals surface area contributed by atoms with Crippen molar-refractivity contribution in [1.29, 1.82) is 0 Å². The number of para-hydroxylation sites is 1. The average Bonchev–Trinajstić information content (AvgIpc) is 2.57. The molecule has 0 aromatic heterocycles. The van der Waals surface area contributed by atoms with Gasteiger partial charge < -0.3 is 19.3 Å². The van der Waals surface area contributed by atoms with Crippen LogP contribution in [0.2, 0.25) is 0 Å². The first-order valence-electron chi connectivity index (χ1n) is 8.75. The van der Waals surface area contributed by atoms with Crippen molar-refractivity contribution in [3.8, 4) is 11.5 Å². The van der Waals surface area contributed by atoms with Gasteiger partial charge in [-0.1, -0.05) is 12.1 Å². The molecular formula is C18H28N2O4. The van der Waals surface area contributed by atoms with Crippen LogP contribution in [0.25, 0.3) is 0 Å². The summed E-state index contributed by atoms with van der Waals surface area (Å²) >= 11 is 0. The number of nitrogens with zero attached hydrogens (tertiary/aromatic N) is 2. The van der Waals surface area contributed by atoms with E-state index in [1.54, 1.807) is 7.11 Å². The summed E-state index contributed by atoms with van der Waals surface area (Å²) in [5.41, 5.74) is 1.12. The van der Waals surface area contributed by atoms with Crippen molar-refractivity contribution in [2.75, 3.05) is 59.7 Å². The summed E-state index contributed by atoms with van der Waals surface area (Å²) in [5.74, 6) is 1.49. The molecule has 2 saturated heterocycles. The third-order valence-electron chi connectivity index (χ3n) is 4.62. The highest BCUT2D eigenvalue weighted by Gasteiger charge is 2.20. The second-order valence-corrected chi connectivity index (χ2v) is 6.46. The molecule has 2 aliphatic heterocycles. The summed E-state index contributed by atoms with van der Waals surface area (Å²) in [4.78, 5) is 4.59. The van der Waals surface area contributed by atoms with Gasteiger partial charge in [-0.15, -0.1) is 0 Å². The Balaban J connectivity index is 1.57. The maximum Gasteiger partial charge on any atom is 0.165 e. The van der Waals surface area contributed by atoms with E-state index in [0.29, 0.717) is 6.54 Å². The van der Waals surface area contributed by atoms with Gasteiger partial charge in [-0.25, -0.2) is 0 Å². The van der Waals surface area contributed by atoms with E-state index in [1.165, 1.54) is 6.42 Å². The van der Waals surface area contributed by atoms with Crippen molar-refractivity contribution in [3.63, 3.8) is 0 Å². The number of hydrogen-bond acceptors (Lipinski definition) is 6. The van der Waals surface area contributed by atoms with E-state index in [0.717, 1.165) is 63.0 Å². The number of rotatable bonds is 8. The number of methoxy groups -OCH3 is 1. The van der Waals surface area contributed by atoms with Gasteiger partial charge in [0, 0.05) is 31.7 Å². The Bertz CT molecular complexity index is 516. The van der Waals surface area contributed by atoms with Crippen molar-refractivity contribution in [2.45, 2.75) is 19.1 Å². The molecule has 2 aliphatic rings. The molecule has 6 heteroatoms. The monoisotopic (exact) mass is 336 g/mol. The lowest BCUT2D eigenvalue weighted by atomic mass is 10.1. The van der Waals surface area contributed by atoms with Crippen LogP contribution in [0.5, 0.6) is 11.5 Å². The number of hydrogen-bond donors (Lipinski definition) is 1. The Kier molecular flexibility index (Phi) is 6.31. The van der Waals surface area contributed by atoms with Gasteiger partial charge in [0.25, 0.3) is 0 Å². The van der Waals surface area contributed by atoms with Gasteiger partial charge in [-0.05, 0) is 25.6 Å². The molecular weight excluding hydrogens is 308 g/mol. The Labute approximate surface area is 143 Å². The molecule has 24 heavy (non-hydrogen) atoms. The SMILES string of the molecule is COc1cccc(CN2CCC2)c1OC[C@@H](O)CN1CCOCC1. The fourth-order valence-electron chi connectivity index (χ4n) is 3.11. The topological polar surface area (TPSA) is 54.4 Å². The highest BCUT2D eigenvalue weighted by Crippen LogP contribution is 2.32. The lowest BCUT2D eigenvalue weighted by Crippen LogP contribution is -2.42. The Morgan fingerprint density at radius 3 is 2.62 bits per heavy atom. The quantitative estimate of drug-likeness (QED) is 0.764. The van der Waals surface area contributed by atoms with Crippen molar-refractivity contribution < 1.29 is 19.3 Å². The fraction of sp³-hybridized carbons (Fsp3) is 0.667. The van der Waals surface area contributed by atoms with E-state index in [2.05, 4.69) is 15.9 Å². The van der Waals surface area contributed by atoms with Gasteiger partial charge in [-0.2, -0.15) is 0 Å². The predicted molar refractivity (Wildman–Crippen MR) is 91.6 cm³/mol. The molecule has 6 nitrogen and oxygen atoms in total. The maximum atomic E-state index is 10.3. The maximum absolute atomic E-state index is 10.3. The normalized spacial score (nSPS) is 20.4. The molecule has 134 valence electrons. The largest absolute Gasteiger partial charge is 0.493 e. The predicted octanol–water partition coefficient (Wildman–Crippen LogP) is 0.973. The van der Waals surface area contributed by atoms with Crippen molar-refractivity contribution in [2.24, 2.45) is 0 Å². The molecule has 0 radical (unpaired) electrons. The van der Waals surface area contributed by atoms with Gasteiger partial charge in [0.05, 0.1) is 20.3 Å². The lowest BCUT2D eigenvalue weighted by Gasteiger charge is -2.31. The van der Waals surface area contributed by atoms with E-state index in [1.807, 2.05) is 12.1 Å². The van der Waals surface area contributed by atoms with Crippen LogP contribution in [-0.2, 0) is 11.3 Å². The smallest absolute Gasteiger partial charge is 0.165 e. The summed E-state index contributed by atoms with van der Waals surface area (Å²) in [6, 6.07) is 5.97. The number of aliphatic hydroxyl groups is 1. The van der Waals surface area contributed by atoms with Crippen molar-refractivity contribution in [3.05, 3.63) is 23.8 Å². The van der Waals surface area contributed by atoms with Crippen LogP contribution in [0.15, 0.2) is 18.2 Å². The second-order valence-electron chi connectivity index (χ2n) is 6.46. The van der Waals surface area contributed by atoms with Crippen LogP contribution in [-0.4, -0.2) is 80.7 Å². The Morgan fingerprint density at radius 2 is 1.96 bits per heavy atom. The zero-order valence-electron chi connectivity index (χ0n) is 14.4. The van der Waals surface area contributed by atoms with Gasteiger partial charge in [0.1, 0.15) is 12.7 Å². The van der Waals surface area contributed by atoms with Gasteiger partial charge in [0.2, 0.25) is 0 Å². The van der Waals surface area contributed by atoms with E-state index < -0.39 is 6.10 Å². The minimum atomic E-state index is -0.523. The summed E-state index contributed by atoms with van der Waals surface area (Å²) in [6.45, 7) is 7.22. The molecule has 0 saturated carbocycles. The van der Waals surface area contributed by atoms with Crippen LogP contribution < -0.4 is 9.47 Å². The number of likely N-dealkylation sites (tertiary alicyclic amines) is 1. The van der Waals surface area contributed by atoms with Gasteiger partial charge in [-0.3, -0.25) is 9.80 Å². The van der Waals surface area contributed by atoms with Gasteiger partial charge in [0.15, 0.2) is 11.5 Å². The van der Waals surface area contributed by atoms with E-state index in [4.69, 9.17) is 14.2 Å². The molecule has 2 fully saturated rings. The molecule has 2 heterocycles. The molecule has 1 aromatic rings. The molecule has 0 aliphatic carbocycles. The lowest BCUT2D eigenvalue weighted by molar-refractivity contribution is 0.00427. The van der Waals surface area contributed by atoms with Crippen molar-refractivity contribution >= 4 is 0 Å². The van der Waals surface area contributed by atoms with E-state index >= 15 is 0 Å². The number of aliphatic hydroxyl groups excluding tert-OH is 1. The number of benzene rings is 1.